The number of hydrogen-bond donors (Lipinski definition) is 1. The fraction of sp³-hybridized carbons (Fsp3) is 0.450. The van der Waals surface area contributed by atoms with E-state index < -0.39 is 0 Å². The summed E-state index contributed by atoms with van der Waals surface area (Å²) >= 11 is 2.65. The van der Waals surface area contributed by atoms with E-state index in [2.05, 4.69) is 17.2 Å². The lowest BCUT2D eigenvalue weighted by atomic mass is 10.0. The van der Waals surface area contributed by atoms with Crippen molar-refractivity contribution >= 4 is 40.0 Å². The van der Waals surface area contributed by atoms with E-state index in [-0.39, 0.29) is 23.4 Å². The Morgan fingerprint density at radius 2 is 2.07 bits per heavy atom. The largest absolute Gasteiger partial charge is 0.339 e. The molecular formula is C20H24FN3O2S2. The Kier molecular flexibility index (Phi) is 7.44. The van der Waals surface area contributed by atoms with Crippen LogP contribution in [0.4, 0.5) is 9.52 Å². The van der Waals surface area contributed by atoms with Crippen molar-refractivity contribution < 1.29 is 14.0 Å². The number of anilines is 1. The second kappa shape index (κ2) is 10.0. The smallest absolute Gasteiger partial charge is 0.236 e. The van der Waals surface area contributed by atoms with Crippen molar-refractivity contribution in [2.75, 3.05) is 23.4 Å². The molecule has 2 heterocycles. The number of amides is 2. The minimum atomic E-state index is -0.297. The second-order valence-corrected chi connectivity index (χ2v) is 8.57. The molecule has 1 aliphatic heterocycles. The van der Waals surface area contributed by atoms with E-state index in [4.69, 9.17) is 0 Å². The SMILES string of the molecule is CC[C@@H]1CCCCN1C(=O)CSCC(=O)Nc1nc(-c2ccc(F)cc2)cs1. The number of halogens is 1. The van der Waals surface area contributed by atoms with Crippen LogP contribution in [0.15, 0.2) is 29.6 Å². The van der Waals surface area contributed by atoms with Crippen molar-refractivity contribution in [3.05, 3.63) is 35.5 Å². The highest BCUT2D eigenvalue weighted by Crippen LogP contribution is 2.25. The highest BCUT2D eigenvalue weighted by atomic mass is 32.2. The van der Waals surface area contributed by atoms with Gasteiger partial charge in [-0.2, -0.15) is 0 Å². The van der Waals surface area contributed by atoms with Crippen LogP contribution in [0.25, 0.3) is 11.3 Å². The number of thiazole rings is 1. The normalized spacial score (nSPS) is 16.8. The molecule has 0 bridgehead atoms. The molecule has 3 rings (SSSR count). The van der Waals surface area contributed by atoms with Crippen molar-refractivity contribution in [1.29, 1.82) is 0 Å². The summed E-state index contributed by atoms with van der Waals surface area (Å²) in [7, 11) is 0. The molecule has 1 atom stereocenters. The molecule has 1 saturated heterocycles. The van der Waals surface area contributed by atoms with E-state index >= 15 is 0 Å². The predicted octanol–water partition coefficient (Wildman–Crippen LogP) is 4.41. The van der Waals surface area contributed by atoms with Crippen LogP contribution < -0.4 is 5.32 Å². The monoisotopic (exact) mass is 421 g/mol. The Labute approximate surface area is 172 Å². The standard InChI is InChI=1S/C20H24FN3O2S2/c1-2-16-5-3-4-10-24(16)19(26)13-27-12-18(25)23-20-22-17(11-28-20)14-6-8-15(21)9-7-14/h6-9,11,16H,2-5,10,12-13H2,1H3,(H,22,23,25)/t16-/m1/s1. The summed E-state index contributed by atoms with van der Waals surface area (Å²) in [5.74, 6) is 0.180. The predicted molar refractivity (Wildman–Crippen MR) is 113 cm³/mol. The number of nitrogens with one attached hydrogen (secondary N) is 1. The summed E-state index contributed by atoms with van der Waals surface area (Å²) in [5.41, 5.74) is 1.49. The van der Waals surface area contributed by atoms with Gasteiger partial charge in [0.05, 0.1) is 17.2 Å². The van der Waals surface area contributed by atoms with Crippen LogP contribution in [-0.4, -0.2) is 45.8 Å². The molecule has 1 aromatic carbocycles. The van der Waals surface area contributed by atoms with E-state index in [0.717, 1.165) is 31.4 Å². The van der Waals surface area contributed by atoms with Crippen LogP contribution in [0.1, 0.15) is 32.6 Å². The number of rotatable bonds is 7. The summed E-state index contributed by atoms with van der Waals surface area (Å²) in [4.78, 5) is 30.9. The van der Waals surface area contributed by atoms with Gasteiger partial charge in [0.1, 0.15) is 5.82 Å². The Morgan fingerprint density at radius 3 is 2.82 bits per heavy atom. The third-order valence-electron chi connectivity index (χ3n) is 4.77. The molecule has 0 aliphatic carbocycles. The molecule has 5 nitrogen and oxygen atoms in total. The van der Waals surface area contributed by atoms with Crippen LogP contribution in [0.3, 0.4) is 0 Å². The maximum absolute atomic E-state index is 13.0. The third kappa shape index (κ3) is 5.54. The highest BCUT2D eigenvalue weighted by Gasteiger charge is 2.25. The summed E-state index contributed by atoms with van der Waals surface area (Å²) in [6, 6.07) is 6.41. The number of thioether (sulfide) groups is 1. The van der Waals surface area contributed by atoms with Crippen LogP contribution in [0, 0.1) is 5.82 Å². The van der Waals surface area contributed by atoms with Gasteiger partial charge >= 0.3 is 0 Å². The first-order chi connectivity index (χ1) is 13.6. The summed E-state index contributed by atoms with van der Waals surface area (Å²) < 4.78 is 13.0. The molecule has 0 unspecified atom stereocenters. The van der Waals surface area contributed by atoms with Gasteiger partial charge in [-0.3, -0.25) is 9.59 Å². The summed E-state index contributed by atoms with van der Waals surface area (Å²) in [6.45, 7) is 2.94. The van der Waals surface area contributed by atoms with Gasteiger partial charge in [-0.05, 0) is 49.9 Å². The molecule has 150 valence electrons. The van der Waals surface area contributed by atoms with Crippen molar-refractivity contribution in [1.82, 2.24) is 9.88 Å². The Balaban J connectivity index is 1.44. The first kappa shape index (κ1) is 20.8. The molecule has 0 radical (unpaired) electrons. The number of nitrogens with zero attached hydrogens (tertiary/aromatic N) is 2. The zero-order chi connectivity index (χ0) is 19.9. The number of carbonyl (C=O) groups excluding carboxylic acids is 2. The molecule has 1 aromatic heterocycles. The van der Waals surface area contributed by atoms with Gasteiger partial charge in [0.2, 0.25) is 11.8 Å². The number of benzene rings is 1. The molecule has 1 N–H and O–H groups in total. The third-order valence-corrected chi connectivity index (χ3v) is 6.44. The van der Waals surface area contributed by atoms with Gasteiger partial charge < -0.3 is 10.2 Å². The lowest BCUT2D eigenvalue weighted by Gasteiger charge is -2.35. The van der Waals surface area contributed by atoms with Gasteiger partial charge in [0.15, 0.2) is 5.13 Å². The first-order valence-electron chi connectivity index (χ1n) is 9.45. The molecule has 2 aromatic rings. The van der Waals surface area contributed by atoms with Crippen molar-refractivity contribution in [2.24, 2.45) is 0 Å². The molecule has 1 aliphatic rings. The van der Waals surface area contributed by atoms with Crippen molar-refractivity contribution in [3.8, 4) is 11.3 Å². The fourth-order valence-electron chi connectivity index (χ4n) is 3.31. The molecule has 1 fully saturated rings. The van der Waals surface area contributed by atoms with E-state index in [1.54, 1.807) is 12.1 Å². The van der Waals surface area contributed by atoms with Crippen molar-refractivity contribution in [3.63, 3.8) is 0 Å². The van der Waals surface area contributed by atoms with Gasteiger partial charge in [-0.25, -0.2) is 9.37 Å². The Bertz CT molecular complexity index is 810. The molecule has 0 spiro atoms. The molecule has 2 amide bonds. The van der Waals surface area contributed by atoms with Crippen LogP contribution in [-0.2, 0) is 9.59 Å². The van der Waals surface area contributed by atoms with E-state index in [9.17, 15) is 14.0 Å². The van der Waals surface area contributed by atoms with Gasteiger partial charge in [-0.15, -0.1) is 23.1 Å². The maximum atomic E-state index is 13.0. The van der Waals surface area contributed by atoms with E-state index in [0.29, 0.717) is 22.6 Å². The molecule has 0 saturated carbocycles. The van der Waals surface area contributed by atoms with E-state index in [1.807, 2.05) is 10.3 Å². The van der Waals surface area contributed by atoms with Gasteiger partial charge in [0, 0.05) is 23.5 Å². The number of piperidine rings is 1. The van der Waals surface area contributed by atoms with Crippen LogP contribution in [0.5, 0.6) is 0 Å². The molecule has 28 heavy (non-hydrogen) atoms. The lowest BCUT2D eigenvalue weighted by Crippen LogP contribution is -2.44. The second-order valence-electron chi connectivity index (χ2n) is 6.73. The Morgan fingerprint density at radius 1 is 1.29 bits per heavy atom. The van der Waals surface area contributed by atoms with Crippen LogP contribution in [0.2, 0.25) is 0 Å². The van der Waals surface area contributed by atoms with Crippen LogP contribution >= 0.6 is 23.1 Å². The van der Waals surface area contributed by atoms with Gasteiger partial charge in [0.25, 0.3) is 0 Å². The molecule has 8 heteroatoms. The van der Waals surface area contributed by atoms with Gasteiger partial charge in [-0.1, -0.05) is 6.92 Å². The average Bonchev–Trinajstić information content (AvgIpc) is 3.16. The van der Waals surface area contributed by atoms with Crippen molar-refractivity contribution in [2.45, 2.75) is 38.6 Å². The average molecular weight is 422 g/mol. The number of hydrogen-bond acceptors (Lipinski definition) is 5. The summed E-state index contributed by atoms with van der Waals surface area (Å²) in [5, 5.41) is 5.08. The molecular weight excluding hydrogens is 397 g/mol. The minimum Gasteiger partial charge on any atom is -0.339 e. The quantitative estimate of drug-likeness (QED) is 0.719. The number of carbonyl (C=O) groups is 2. The fourth-order valence-corrected chi connectivity index (χ4v) is 4.74. The first-order valence-corrected chi connectivity index (χ1v) is 11.5. The summed E-state index contributed by atoms with van der Waals surface area (Å²) in [6.07, 6.45) is 4.31. The zero-order valence-corrected chi connectivity index (χ0v) is 17.5. The Hall–Kier alpha value is -1.93. The topological polar surface area (TPSA) is 62.3 Å². The van der Waals surface area contributed by atoms with E-state index in [1.165, 1.54) is 41.7 Å². The number of aromatic nitrogens is 1. The zero-order valence-electron chi connectivity index (χ0n) is 15.8. The lowest BCUT2D eigenvalue weighted by molar-refractivity contribution is -0.132. The number of likely N-dealkylation sites (tertiary alicyclic amines) is 1. The highest BCUT2D eigenvalue weighted by molar-refractivity contribution is 8.00. The minimum absolute atomic E-state index is 0.122. The maximum Gasteiger partial charge on any atom is 0.236 e.